The largest absolute Gasteiger partial charge is 0.398 e. The van der Waals surface area contributed by atoms with Gasteiger partial charge in [-0.05, 0) is 33.6 Å². The van der Waals surface area contributed by atoms with Crippen molar-refractivity contribution < 1.29 is 4.74 Å². The number of halogens is 1. The molecule has 7 nitrogen and oxygen atoms in total. The van der Waals surface area contributed by atoms with Gasteiger partial charge in [-0.25, -0.2) is 4.98 Å². The summed E-state index contributed by atoms with van der Waals surface area (Å²) >= 11 is 3.31. The molecule has 0 saturated carbocycles. The highest BCUT2D eigenvalue weighted by Crippen LogP contribution is 2.32. The molecule has 0 bridgehead atoms. The maximum absolute atomic E-state index is 12.2. The molecule has 8 heteroatoms. The number of hydrogen-bond donors (Lipinski definition) is 2. The van der Waals surface area contributed by atoms with Gasteiger partial charge in [-0.2, -0.15) is 0 Å². The average Bonchev–Trinajstić information content (AvgIpc) is 2.59. The number of nitrogens with zero attached hydrogens (tertiary/aromatic N) is 3. The summed E-state index contributed by atoms with van der Waals surface area (Å²) in [5, 5.41) is 3.07. The summed E-state index contributed by atoms with van der Waals surface area (Å²) in [6.07, 6.45) is 1.62. The van der Waals surface area contributed by atoms with Gasteiger partial charge < -0.3 is 20.4 Å². The molecular formula is C19H26BrN5O2. The second-order valence-electron chi connectivity index (χ2n) is 7.53. The number of rotatable bonds is 5. The van der Waals surface area contributed by atoms with Crippen LogP contribution in [-0.2, 0) is 17.2 Å². The van der Waals surface area contributed by atoms with Crippen molar-refractivity contribution in [1.29, 1.82) is 0 Å². The van der Waals surface area contributed by atoms with Gasteiger partial charge in [0.1, 0.15) is 4.60 Å². The lowest BCUT2D eigenvalue weighted by Crippen LogP contribution is -2.43. The highest BCUT2D eigenvalue weighted by atomic mass is 79.9. The van der Waals surface area contributed by atoms with Crippen LogP contribution in [0.4, 0.5) is 17.2 Å². The van der Waals surface area contributed by atoms with Crippen molar-refractivity contribution in [1.82, 2.24) is 14.5 Å². The maximum atomic E-state index is 12.2. The second kappa shape index (κ2) is 8.00. The molecule has 1 saturated heterocycles. The van der Waals surface area contributed by atoms with Crippen LogP contribution in [0.2, 0.25) is 0 Å². The summed E-state index contributed by atoms with van der Waals surface area (Å²) in [7, 11) is 1.69. The monoisotopic (exact) mass is 435 g/mol. The van der Waals surface area contributed by atoms with Gasteiger partial charge in [0.2, 0.25) is 0 Å². The number of aryl methyl sites for hydroxylation is 1. The SMILES string of the molecule is Cn1cc(Br)nc(Nc2ccc(C(C)(C)CN3CCOCC3)c(N)c2)c1=O. The van der Waals surface area contributed by atoms with Crippen LogP contribution in [0.3, 0.4) is 0 Å². The molecule has 1 fully saturated rings. The van der Waals surface area contributed by atoms with E-state index in [4.69, 9.17) is 10.5 Å². The zero-order valence-electron chi connectivity index (χ0n) is 16.0. The van der Waals surface area contributed by atoms with E-state index in [0.29, 0.717) is 10.3 Å². The van der Waals surface area contributed by atoms with E-state index in [1.165, 1.54) is 4.57 Å². The van der Waals surface area contributed by atoms with E-state index in [-0.39, 0.29) is 16.8 Å². The number of nitrogens with two attached hydrogens (primary N) is 1. The smallest absolute Gasteiger partial charge is 0.293 e. The third-order valence-electron chi connectivity index (χ3n) is 4.81. The standard InChI is InChI=1S/C19H26BrN5O2/c1-19(2,12-25-6-8-27-9-7-25)14-5-4-13(10-15(14)21)22-17-18(26)24(3)11-16(20)23-17/h4-5,10-11H,6-9,12,21H2,1-3H3,(H,22,23). The fourth-order valence-corrected chi connectivity index (χ4v) is 3.93. The number of aromatic nitrogens is 2. The molecule has 0 aliphatic carbocycles. The molecule has 2 aromatic rings. The molecule has 1 aromatic carbocycles. The number of hydrogen-bond acceptors (Lipinski definition) is 6. The third kappa shape index (κ3) is 4.69. The lowest BCUT2D eigenvalue weighted by molar-refractivity contribution is 0.0296. The van der Waals surface area contributed by atoms with Gasteiger partial charge in [-0.3, -0.25) is 9.69 Å². The van der Waals surface area contributed by atoms with E-state index in [1.54, 1.807) is 13.2 Å². The van der Waals surface area contributed by atoms with Crippen molar-refractivity contribution in [3.63, 3.8) is 0 Å². The quantitative estimate of drug-likeness (QED) is 0.701. The summed E-state index contributed by atoms with van der Waals surface area (Å²) in [5.41, 5.74) is 8.60. The van der Waals surface area contributed by atoms with E-state index in [0.717, 1.165) is 44.1 Å². The second-order valence-corrected chi connectivity index (χ2v) is 8.34. The van der Waals surface area contributed by atoms with Crippen LogP contribution in [-0.4, -0.2) is 47.3 Å². The predicted molar refractivity (Wildman–Crippen MR) is 112 cm³/mol. The van der Waals surface area contributed by atoms with Crippen LogP contribution in [0, 0.1) is 0 Å². The van der Waals surface area contributed by atoms with Crippen LogP contribution in [0.1, 0.15) is 19.4 Å². The summed E-state index contributed by atoms with van der Waals surface area (Å²) in [5.74, 6) is 0.256. The first-order valence-electron chi connectivity index (χ1n) is 8.96. The highest BCUT2D eigenvalue weighted by molar-refractivity contribution is 9.10. The molecule has 1 aliphatic rings. The first-order chi connectivity index (χ1) is 12.8. The summed E-state index contributed by atoms with van der Waals surface area (Å²) < 4.78 is 7.49. The zero-order valence-corrected chi connectivity index (χ0v) is 17.5. The van der Waals surface area contributed by atoms with Crippen molar-refractivity contribution in [2.75, 3.05) is 43.9 Å². The molecule has 0 atom stereocenters. The van der Waals surface area contributed by atoms with Gasteiger partial charge in [-0.15, -0.1) is 0 Å². The van der Waals surface area contributed by atoms with Crippen LogP contribution < -0.4 is 16.6 Å². The minimum Gasteiger partial charge on any atom is -0.398 e. The van der Waals surface area contributed by atoms with Gasteiger partial charge in [0.25, 0.3) is 5.56 Å². The number of morpholine rings is 1. The van der Waals surface area contributed by atoms with Crippen LogP contribution in [0.15, 0.2) is 33.8 Å². The molecular weight excluding hydrogens is 410 g/mol. The fourth-order valence-electron chi connectivity index (χ4n) is 3.45. The van der Waals surface area contributed by atoms with E-state index in [2.05, 4.69) is 45.0 Å². The number of anilines is 3. The van der Waals surface area contributed by atoms with Crippen LogP contribution in [0.25, 0.3) is 0 Å². The highest BCUT2D eigenvalue weighted by Gasteiger charge is 2.27. The molecule has 0 amide bonds. The Labute approximate surface area is 167 Å². The lowest BCUT2D eigenvalue weighted by atomic mass is 9.82. The van der Waals surface area contributed by atoms with Crippen molar-refractivity contribution in [2.45, 2.75) is 19.3 Å². The Morgan fingerprint density at radius 1 is 1.33 bits per heavy atom. The van der Waals surface area contributed by atoms with Crippen molar-refractivity contribution in [3.05, 3.63) is 44.9 Å². The van der Waals surface area contributed by atoms with Gasteiger partial charge in [0.15, 0.2) is 5.82 Å². The van der Waals surface area contributed by atoms with Crippen LogP contribution >= 0.6 is 15.9 Å². The normalized spacial score (nSPS) is 15.7. The Balaban J connectivity index is 1.80. The molecule has 0 unspecified atom stereocenters. The summed E-state index contributed by atoms with van der Waals surface area (Å²) in [6.45, 7) is 8.77. The minimum absolute atomic E-state index is 0.0931. The third-order valence-corrected chi connectivity index (χ3v) is 5.19. The van der Waals surface area contributed by atoms with Crippen molar-refractivity contribution in [3.8, 4) is 0 Å². The van der Waals surface area contributed by atoms with Crippen LogP contribution in [0.5, 0.6) is 0 Å². The maximum Gasteiger partial charge on any atom is 0.293 e. The van der Waals surface area contributed by atoms with Gasteiger partial charge >= 0.3 is 0 Å². The molecule has 2 heterocycles. The first-order valence-corrected chi connectivity index (χ1v) is 9.76. The Hall–Kier alpha value is -1.90. The molecule has 0 radical (unpaired) electrons. The molecule has 3 N–H and O–H groups in total. The van der Waals surface area contributed by atoms with Gasteiger partial charge in [-0.1, -0.05) is 19.9 Å². The van der Waals surface area contributed by atoms with Gasteiger partial charge in [0, 0.05) is 49.7 Å². The molecule has 0 spiro atoms. The number of nitrogen functional groups attached to an aromatic ring is 1. The number of benzene rings is 1. The minimum atomic E-state index is -0.200. The first kappa shape index (κ1) is 19.9. The zero-order chi connectivity index (χ0) is 19.6. The number of nitrogens with one attached hydrogen (secondary N) is 1. The molecule has 1 aromatic heterocycles. The lowest BCUT2D eigenvalue weighted by Gasteiger charge is -2.35. The molecule has 3 rings (SSSR count). The number of ether oxygens (including phenoxy) is 1. The predicted octanol–water partition coefficient (Wildman–Crippen LogP) is 2.48. The average molecular weight is 436 g/mol. The van der Waals surface area contributed by atoms with E-state index >= 15 is 0 Å². The van der Waals surface area contributed by atoms with Gasteiger partial charge in [0.05, 0.1) is 13.2 Å². The van der Waals surface area contributed by atoms with Crippen molar-refractivity contribution in [2.24, 2.45) is 7.05 Å². The topological polar surface area (TPSA) is 85.4 Å². The Kier molecular flexibility index (Phi) is 5.88. The Morgan fingerprint density at radius 2 is 2.04 bits per heavy atom. The molecule has 1 aliphatic heterocycles. The molecule has 27 heavy (non-hydrogen) atoms. The van der Waals surface area contributed by atoms with E-state index < -0.39 is 0 Å². The summed E-state index contributed by atoms with van der Waals surface area (Å²) in [6, 6.07) is 5.83. The molecule has 146 valence electrons. The Bertz CT molecular complexity index is 875. The van der Waals surface area contributed by atoms with E-state index in [9.17, 15) is 4.79 Å². The Morgan fingerprint density at radius 3 is 2.70 bits per heavy atom. The fraction of sp³-hybridized carbons (Fsp3) is 0.474. The summed E-state index contributed by atoms with van der Waals surface area (Å²) in [4.78, 5) is 18.9. The van der Waals surface area contributed by atoms with Crippen molar-refractivity contribution >= 4 is 33.1 Å². The van der Waals surface area contributed by atoms with E-state index in [1.807, 2.05) is 18.2 Å².